The van der Waals surface area contributed by atoms with E-state index in [1.54, 1.807) is 0 Å². The second kappa shape index (κ2) is 8.28. The number of para-hydroxylation sites is 1. The van der Waals surface area contributed by atoms with Gasteiger partial charge in [0.05, 0.1) is 0 Å². The standard InChI is InChI=1S/C19H23N3O3/c1-22(16-6-3-2-4-7-16)11-5-10-20-19(23)21-13-15-8-9-17-18(12-15)25-14-24-17/h2-4,6-9,12H,5,10-11,13-14H2,1H3,(H2,20,21,23). The van der Waals surface area contributed by atoms with Gasteiger partial charge in [-0.25, -0.2) is 4.79 Å². The molecule has 2 N–H and O–H groups in total. The Labute approximate surface area is 147 Å². The average Bonchev–Trinajstić information content (AvgIpc) is 3.12. The second-order valence-corrected chi connectivity index (χ2v) is 5.91. The van der Waals surface area contributed by atoms with Crippen molar-refractivity contribution >= 4 is 11.7 Å². The lowest BCUT2D eigenvalue weighted by molar-refractivity contribution is 0.174. The number of anilines is 1. The third-order valence-electron chi connectivity index (χ3n) is 4.04. The number of rotatable bonds is 7. The van der Waals surface area contributed by atoms with Crippen LogP contribution < -0.4 is 25.0 Å². The number of benzene rings is 2. The van der Waals surface area contributed by atoms with E-state index in [9.17, 15) is 4.79 Å². The Morgan fingerprint density at radius 2 is 1.88 bits per heavy atom. The van der Waals surface area contributed by atoms with Crippen LogP contribution in [0.1, 0.15) is 12.0 Å². The molecule has 0 fully saturated rings. The summed E-state index contributed by atoms with van der Waals surface area (Å²) in [7, 11) is 2.05. The van der Waals surface area contributed by atoms with E-state index in [-0.39, 0.29) is 12.8 Å². The minimum Gasteiger partial charge on any atom is -0.454 e. The van der Waals surface area contributed by atoms with E-state index in [1.807, 2.05) is 36.4 Å². The van der Waals surface area contributed by atoms with E-state index < -0.39 is 0 Å². The molecule has 2 aromatic carbocycles. The van der Waals surface area contributed by atoms with Crippen LogP contribution in [-0.2, 0) is 6.54 Å². The summed E-state index contributed by atoms with van der Waals surface area (Å²) in [4.78, 5) is 14.0. The maximum atomic E-state index is 11.9. The zero-order chi connectivity index (χ0) is 17.5. The Morgan fingerprint density at radius 1 is 1.08 bits per heavy atom. The maximum Gasteiger partial charge on any atom is 0.315 e. The van der Waals surface area contributed by atoms with Crippen LogP contribution in [0.4, 0.5) is 10.5 Å². The zero-order valence-electron chi connectivity index (χ0n) is 14.3. The molecule has 0 saturated heterocycles. The minimum absolute atomic E-state index is 0.167. The van der Waals surface area contributed by atoms with Gasteiger partial charge in [0.25, 0.3) is 0 Å². The van der Waals surface area contributed by atoms with Crippen LogP contribution in [0.25, 0.3) is 0 Å². The molecule has 0 bridgehead atoms. The molecule has 6 nitrogen and oxygen atoms in total. The molecule has 1 heterocycles. The van der Waals surface area contributed by atoms with Gasteiger partial charge in [-0.1, -0.05) is 24.3 Å². The molecular weight excluding hydrogens is 318 g/mol. The van der Waals surface area contributed by atoms with Crippen LogP contribution in [0.15, 0.2) is 48.5 Å². The molecule has 25 heavy (non-hydrogen) atoms. The van der Waals surface area contributed by atoms with Crippen LogP contribution >= 0.6 is 0 Å². The molecule has 0 spiro atoms. The van der Waals surface area contributed by atoms with Crippen molar-refractivity contribution in [2.75, 3.05) is 31.8 Å². The number of hydrogen-bond acceptors (Lipinski definition) is 4. The van der Waals surface area contributed by atoms with E-state index >= 15 is 0 Å². The lowest BCUT2D eigenvalue weighted by atomic mass is 10.2. The lowest BCUT2D eigenvalue weighted by Crippen LogP contribution is -2.36. The SMILES string of the molecule is CN(CCCNC(=O)NCc1ccc2c(c1)OCO2)c1ccccc1. The number of ether oxygens (including phenoxy) is 2. The Morgan fingerprint density at radius 3 is 2.72 bits per heavy atom. The molecule has 2 aromatic rings. The molecule has 0 aliphatic carbocycles. The van der Waals surface area contributed by atoms with Crippen molar-refractivity contribution in [2.24, 2.45) is 0 Å². The van der Waals surface area contributed by atoms with Crippen molar-refractivity contribution in [1.82, 2.24) is 10.6 Å². The average molecular weight is 341 g/mol. The number of nitrogens with one attached hydrogen (secondary N) is 2. The van der Waals surface area contributed by atoms with Crippen molar-refractivity contribution in [1.29, 1.82) is 0 Å². The lowest BCUT2D eigenvalue weighted by Gasteiger charge is -2.19. The van der Waals surface area contributed by atoms with E-state index in [0.29, 0.717) is 13.1 Å². The summed E-state index contributed by atoms with van der Waals surface area (Å²) < 4.78 is 10.6. The molecule has 0 unspecified atom stereocenters. The summed E-state index contributed by atoms with van der Waals surface area (Å²) in [5.74, 6) is 1.47. The Bertz CT molecular complexity index is 706. The maximum absolute atomic E-state index is 11.9. The summed E-state index contributed by atoms with van der Waals surface area (Å²) in [5.41, 5.74) is 2.15. The molecule has 0 saturated carbocycles. The van der Waals surface area contributed by atoms with Crippen molar-refractivity contribution in [3.05, 3.63) is 54.1 Å². The van der Waals surface area contributed by atoms with E-state index in [2.05, 4.69) is 34.7 Å². The zero-order valence-corrected chi connectivity index (χ0v) is 14.3. The van der Waals surface area contributed by atoms with Crippen LogP contribution in [0.5, 0.6) is 11.5 Å². The van der Waals surface area contributed by atoms with Gasteiger partial charge in [0, 0.05) is 32.4 Å². The highest BCUT2D eigenvalue weighted by Gasteiger charge is 2.13. The summed E-state index contributed by atoms with van der Waals surface area (Å²) in [6.07, 6.45) is 0.878. The molecule has 1 aliphatic heterocycles. The van der Waals surface area contributed by atoms with Gasteiger partial charge in [0.15, 0.2) is 11.5 Å². The van der Waals surface area contributed by atoms with Gasteiger partial charge in [0.2, 0.25) is 6.79 Å². The quantitative estimate of drug-likeness (QED) is 0.760. The first kappa shape index (κ1) is 17.0. The van der Waals surface area contributed by atoms with Gasteiger partial charge in [-0.2, -0.15) is 0 Å². The highest BCUT2D eigenvalue weighted by molar-refractivity contribution is 5.73. The number of hydrogen-bond donors (Lipinski definition) is 2. The van der Waals surface area contributed by atoms with Gasteiger partial charge >= 0.3 is 6.03 Å². The van der Waals surface area contributed by atoms with E-state index in [0.717, 1.165) is 30.0 Å². The van der Waals surface area contributed by atoms with Crippen molar-refractivity contribution in [3.8, 4) is 11.5 Å². The predicted octanol–water partition coefficient (Wildman–Crippen LogP) is 2.74. The van der Waals surface area contributed by atoms with Crippen LogP contribution in [-0.4, -0.2) is 33.0 Å². The number of carbonyl (C=O) groups excluding carboxylic acids is 1. The minimum atomic E-state index is -0.167. The van der Waals surface area contributed by atoms with Crippen molar-refractivity contribution < 1.29 is 14.3 Å². The Balaban J connectivity index is 1.33. The first-order valence-corrected chi connectivity index (χ1v) is 8.39. The fraction of sp³-hybridized carbons (Fsp3) is 0.316. The van der Waals surface area contributed by atoms with Crippen LogP contribution in [0, 0.1) is 0 Å². The fourth-order valence-electron chi connectivity index (χ4n) is 2.63. The molecule has 2 amide bonds. The highest BCUT2D eigenvalue weighted by atomic mass is 16.7. The largest absolute Gasteiger partial charge is 0.454 e. The van der Waals surface area contributed by atoms with Crippen LogP contribution in [0.2, 0.25) is 0 Å². The first-order valence-electron chi connectivity index (χ1n) is 8.39. The third-order valence-corrected chi connectivity index (χ3v) is 4.04. The molecular formula is C19H23N3O3. The Kier molecular flexibility index (Phi) is 5.61. The fourth-order valence-corrected chi connectivity index (χ4v) is 2.63. The summed E-state index contributed by atoms with van der Waals surface area (Å²) in [6.45, 7) is 2.22. The molecule has 3 rings (SSSR count). The molecule has 132 valence electrons. The summed E-state index contributed by atoms with van der Waals surface area (Å²) >= 11 is 0. The highest BCUT2D eigenvalue weighted by Crippen LogP contribution is 2.32. The predicted molar refractivity (Wildman–Crippen MR) is 97.1 cm³/mol. The number of carbonyl (C=O) groups is 1. The molecule has 0 radical (unpaired) electrons. The molecule has 6 heteroatoms. The van der Waals surface area contributed by atoms with E-state index in [1.165, 1.54) is 5.69 Å². The molecule has 0 aromatic heterocycles. The van der Waals surface area contributed by atoms with Crippen molar-refractivity contribution in [3.63, 3.8) is 0 Å². The van der Waals surface area contributed by atoms with Crippen LogP contribution in [0.3, 0.4) is 0 Å². The molecule has 0 atom stereocenters. The van der Waals surface area contributed by atoms with Gasteiger partial charge in [0.1, 0.15) is 0 Å². The monoisotopic (exact) mass is 341 g/mol. The van der Waals surface area contributed by atoms with Crippen molar-refractivity contribution in [2.45, 2.75) is 13.0 Å². The van der Waals surface area contributed by atoms with Gasteiger partial charge in [-0.05, 0) is 36.2 Å². The summed E-state index contributed by atoms with van der Waals surface area (Å²) in [6, 6.07) is 15.7. The third kappa shape index (κ3) is 4.79. The second-order valence-electron chi connectivity index (χ2n) is 5.91. The molecule has 1 aliphatic rings. The smallest absolute Gasteiger partial charge is 0.315 e. The number of urea groups is 1. The number of nitrogens with zero attached hydrogens (tertiary/aromatic N) is 1. The Hall–Kier alpha value is -2.89. The summed E-state index contributed by atoms with van der Waals surface area (Å²) in [5, 5.41) is 5.73. The first-order chi connectivity index (χ1) is 12.2. The topological polar surface area (TPSA) is 62.8 Å². The van der Waals surface area contributed by atoms with Gasteiger partial charge in [-0.3, -0.25) is 0 Å². The van der Waals surface area contributed by atoms with Gasteiger partial charge < -0.3 is 25.0 Å². The number of amides is 2. The van der Waals surface area contributed by atoms with E-state index in [4.69, 9.17) is 9.47 Å². The normalized spacial score (nSPS) is 11.9. The number of fused-ring (bicyclic) bond motifs is 1. The van der Waals surface area contributed by atoms with Gasteiger partial charge in [-0.15, -0.1) is 0 Å².